The van der Waals surface area contributed by atoms with Crippen LogP contribution in [0.2, 0.25) is 0 Å². The molecule has 2 aromatic rings. The molecule has 0 radical (unpaired) electrons. The summed E-state index contributed by atoms with van der Waals surface area (Å²) < 4.78 is 0. The summed E-state index contributed by atoms with van der Waals surface area (Å²) in [6, 6.07) is 2.81. The number of nitrogens with zero attached hydrogens (tertiary/aromatic N) is 3. The van der Waals surface area contributed by atoms with Crippen LogP contribution in [0.5, 0.6) is 0 Å². The topological polar surface area (TPSA) is 127 Å². The number of aromatic nitrogens is 4. The molecule has 2 heterocycles. The standard InChI is InChI=1S/C11H12N6O2S/c1-20-11-15-6(4-8(18)17-11)5-14-10(19)9-13-3-2-7(12)16-9/h2-4H,5H2,1H3,(H,14,19)(H2,12,13,16)(H,15,17,18). The molecule has 0 atom stereocenters. The Hall–Kier alpha value is -2.42. The van der Waals surface area contributed by atoms with Crippen molar-refractivity contribution >= 4 is 23.5 Å². The fraction of sp³-hybridized carbons (Fsp3) is 0.182. The average Bonchev–Trinajstić information content (AvgIpc) is 2.44. The zero-order chi connectivity index (χ0) is 14.5. The largest absolute Gasteiger partial charge is 0.384 e. The number of carbonyl (C=O) groups is 1. The molecular formula is C11H12N6O2S. The van der Waals surface area contributed by atoms with Crippen molar-refractivity contribution in [1.29, 1.82) is 0 Å². The fourth-order valence-electron chi connectivity index (χ4n) is 1.40. The van der Waals surface area contributed by atoms with Crippen molar-refractivity contribution in [2.45, 2.75) is 11.7 Å². The Balaban J connectivity index is 2.07. The van der Waals surface area contributed by atoms with E-state index < -0.39 is 5.91 Å². The van der Waals surface area contributed by atoms with Crippen molar-refractivity contribution in [2.75, 3.05) is 12.0 Å². The van der Waals surface area contributed by atoms with Gasteiger partial charge < -0.3 is 16.0 Å². The number of nitrogens with two attached hydrogens (primary N) is 1. The maximum atomic E-state index is 11.8. The third kappa shape index (κ3) is 3.54. The Kier molecular flexibility index (Phi) is 4.31. The first-order valence-electron chi connectivity index (χ1n) is 5.59. The van der Waals surface area contributed by atoms with Gasteiger partial charge in [-0.3, -0.25) is 9.59 Å². The van der Waals surface area contributed by atoms with Crippen LogP contribution in [0.15, 0.2) is 28.3 Å². The number of aromatic amines is 1. The second kappa shape index (κ2) is 6.15. The summed E-state index contributed by atoms with van der Waals surface area (Å²) in [6.45, 7) is 0.106. The smallest absolute Gasteiger partial charge is 0.289 e. The van der Waals surface area contributed by atoms with E-state index in [-0.39, 0.29) is 23.7 Å². The number of hydrogen-bond donors (Lipinski definition) is 3. The maximum Gasteiger partial charge on any atom is 0.289 e. The highest BCUT2D eigenvalue weighted by Crippen LogP contribution is 2.05. The molecule has 9 heteroatoms. The number of nitrogen functional groups attached to an aromatic ring is 1. The van der Waals surface area contributed by atoms with Crippen LogP contribution in [-0.4, -0.2) is 32.1 Å². The van der Waals surface area contributed by atoms with Crippen molar-refractivity contribution in [2.24, 2.45) is 0 Å². The van der Waals surface area contributed by atoms with Gasteiger partial charge in [-0.1, -0.05) is 11.8 Å². The van der Waals surface area contributed by atoms with Gasteiger partial charge in [-0.05, 0) is 12.3 Å². The normalized spacial score (nSPS) is 10.2. The van der Waals surface area contributed by atoms with Crippen LogP contribution in [0, 0.1) is 0 Å². The van der Waals surface area contributed by atoms with Crippen LogP contribution in [0.3, 0.4) is 0 Å². The SMILES string of the molecule is CSc1nc(CNC(=O)c2nccc(N)n2)cc(=O)[nH]1. The third-order valence-electron chi connectivity index (χ3n) is 2.28. The van der Waals surface area contributed by atoms with E-state index in [2.05, 4.69) is 25.3 Å². The highest BCUT2D eigenvalue weighted by atomic mass is 32.2. The van der Waals surface area contributed by atoms with Gasteiger partial charge in [0.25, 0.3) is 11.5 Å². The van der Waals surface area contributed by atoms with Crippen molar-refractivity contribution in [3.05, 3.63) is 40.2 Å². The Labute approximate surface area is 118 Å². The monoisotopic (exact) mass is 292 g/mol. The van der Waals surface area contributed by atoms with Gasteiger partial charge in [0, 0.05) is 12.3 Å². The number of amides is 1. The van der Waals surface area contributed by atoms with Crippen LogP contribution in [0.1, 0.15) is 16.3 Å². The predicted octanol–water partition coefficient (Wildman–Crippen LogP) is -0.206. The van der Waals surface area contributed by atoms with E-state index >= 15 is 0 Å². The molecule has 4 N–H and O–H groups in total. The molecule has 2 rings (SSSR count). The fourth-order valence-corrected chi connectivity index (χ4v) is 1.81. The summed E-state index contributed by atoms with van der Waals surface area (Å²) in [5, 5.41) is 3.06. The Morgan fingerprint density at radius 2 is 2.30 bits per heavy atom. The van der Waals surface area contributed by atoms with Gasteiger partial charge in [-0.2, -0.15) is 0 Å². The molecule has 0 aliphatic carbocycles. The summed E-state index contributed by atoms with van der Waals surface area (Å²) in [6.07, 6.45) is 3.19. The number of hydrogen-bond acceptors (Lipinski definition) is 7. The van der Waals surface area contributed by atoms with E-state index in [9.17, 15) is 9.59 Å². The maximum absolute atomic E-state index is 11.8. The Morgan fingerprint density at radius 1 is 1.50 bits per heavy atom. The first kappa shape index (κ1) is 14.0. The van der Waals surface area contributed by atoms with Crippen LogP contribution in [0.4, 0.5) is 5.82 Å². The number of thioether (sulfide) groups is 1. The molecule has 20 heavy (non-hydrogen) atoms. The molecule has 0 saturated carbocycles. The Morgan fingerprint density at radius 3 is 3.00 bits per heavy atom. The Bertz CT molecular complexity index is 687. The van der Waals surface area contributed by atoms with Crippen molar-refractivity contribution in [3.8, 4) is 0 Å². The van der Waals surface area contributed by atoms with Gasteiger partial charge in [0.05, 0.1) is 12.2 Å². The number of rotatable bonds is 4. The summed E-state index contributed by atoms with van der Waals surface area (Å²) >= 11 is 1.31. The lowest BCUT2D eigenvalue weighted by Gasteiger charge is -2.05. The van der Waals surface area contributed by atoms with Crippen LogP contribution in [0.25, 0.3) is 0 Å². The van der Waals surface area contributed by atoms with E-state index in [0.29, 0.717) is 10.9 Å². The predicted molar refractivity (Wildman–Crippen MR) is 74.3 cm³/mol. The van der Waals surface area contributed by atoms with Crippen molar-refractivity contribution in [1.82, 2.24) is 25.3 Å². The van der Waals surface area contributed by atoms with E-state index in [0.717, 1.165) is 0 Å². The first-order valence-corrected chi connectivity index (χ1v) is 6.82. The van der Waals surface area contributed by atoms with Gasteiger partial charge in [0.15, 0.2) is 5.16 Å². The molecule has 1 amide bonds. The second-order valence-electron chi connectivity index (χ2n) is 3.73. The number of anilines is 1. The lowest BCUT2D eigenvalue weighted by atomic mass is 10.4. The molecule has 0 aromatic carbocycles. The van der Waals surface area contributed by atoms with Gasteiger partial charge in [0.1, 0.15) is 5.82 Å². The van der Waals surface area contributed by atoms with Gasteiger partial charge in [0.2, 0.25) is 5.82 Å². The molecule has 0 saturated heterocycles. The summed E-state index contributed by atoms with van der Waals surface area (Å²) in [5.41, 5.74) is 5.65. The molecule has 0 aliphatic rings. The molecule has 0 fully saturated rings. The molecular weight excluding hydrogens is 280 g/mol. The molecule has 8 nitrogen and oxygen atoms in total. The zero-order valence-electron chi connectivity index (χ0n) is 10.6. The highest BCUT2D eigenvalue weighted by Gasteiger charge is 2.09. The van der Waals surface area contributed by atoms with Crippen LogP contribution in [-0.2, 0) is 6.54 Å². The van der Waals surface area contributed by atoms with E-state index in [4.69, 9.17) is 5.73 Å². The molecule has 2 aromatic heterocycles. The van der Waals surface area contributed by atoms with Crippen LogP contribution >= 0.6 is 11.8 Å². The van der Waals surface area contributed by atoms with Gasteiger partial charge in [-0.25, -0.2) is 15.0 Å². The van der Waals surface area contributed by atoms with E-state index in [1.165, 1.54) is 30.1 Å². The number of carbonyl (C=O) groups excluding carboxylic acids is 1. The molecule has 0 bridgehead atoms. The molecule has 0 spiro atoms. The van der Waals surface area contributed by atoms with Gasteiger partial charge in [-0.15, -0.1) is 0 Å². The molecule has 104 valence electrons. The lowest BCUT2D eigenvalue weighted by molar-refractivity contribution is 0.0940. The molecule has 0 aliphatic heterocycles. The minimum Gasteiger partial charge on any atom is -0.384 e. The van der Waals surface area contributed by atoms with Crippen molar-refractivity contribution in [3.63, 3.8) is 0 Å². The van der Waals surface area contributed by atoms with Crippen LogP contribution < -0.4 is 16.6 Å². The summed E-state index contributed by atoms with van der Waals surface area (Å²) in [7, 11) is 0. The quantitative estimate of drug-likeness (QED) is 0.525. The average molecular weight is 292 g/mol. The zero-order valence-corrected chi connectivity index (χ0v) is 11.4. The lowest BCUT2D eigenvalue weighted by Crippen LogP contribution is -2.26. The minimum absolute atomic E-state index is 0.0278. The summed E-state index contributed by atoms with van der Waals surface area (Å²) in [4.78, 5) is 37.5. The van der Waals surface area contributed by atoms with E-state index in [1.54, 1.807) is 6.26 Å². The summed E-state index contributed by atoms with van der Waals surface area (Å²) in [5.74, 6) is -0.297. The highest BCUT2D eigenvalue weighted by molar-refractivity contribution is 7.98. The number of H-pyrrole nitrogens is 1. The first-order chi connectivity index (χ1) is 9.58. The minimum atomic E-state index is -0.481. The number of nitrogens with one attached hydrogen (secondary N) is 2. The van der Waals surface area contributed by atoms with Gasteiger partial charge >= 0.3 is 0 Å². The van der Waals surface area contributed by atoms with Crippen molar-refractivity contribution < 1.29 is 4.79 Å². The van der Waals surface area contributed by atoms with E-state index in [1.807, 2.05) is 0 Å². The third-order valence-corrected chi connectivity index (χ3v) is 2.86. The second-order valence-corrected chi connectivity index (χ2v) is 4.53. The molecule has 0 unspecified atom stereocenters.